The van der Waals surface area contributed by atoms with Gasteiger partial charge in [0.1, 0.15) is 0 Å². The third-order valence-corrected chi connectivity index (χ3v) is 3.62. The van der Waals surface area contributed by atoms with E-state index in [0.29, 0.717) is 5.92 Å². The molecule has 0 fully saturated rings. The molecule has 1 aromatic heterocycles. The number of nitrogens with one attached hydrogen (secondary N) is 1. The number of aromatic amines is 1. The minimum atomic E-state index is 0.627. The third kappa shape index (κ3) is 1.25. The molecule has 3 rings (SSSR count). The molecule has 1 heterocycles. The number of aryl methyl sites for hydroxylation is 1. The Balaban J connectivity index is 2.30. The van der Waals surface area contributed by atoms with Crippen LogP contribution < -0.4 is 0 Å². The Hall–Kier alpha value is -1.75. The van der Waals surface area contributed by atoms with Crippen molar-refractivity contribution in [2.45, 2.75) is 32.1 Å². The highest BCUT2D eigenvalue weighted by Crippen LogP contribution is 2.35. The number of nitrogens with zero attached hydrogens (tertiary/aromatic N) is 1. The van der Waals surface area contributed by atoms with Gasteiger partial charge >= 0.3 is 0 Å². The fourth-order valence-electron chi connectivity index (χ4n) is 2.76. The number of rotatable bonds is 0. The van der Waals surface area contributed by atoms with Gasteiger partial charge in [0.2, 0.25) is 0 Å². The lowest BCUT2D eigenvalue weighted by Crippen LogP contribution is -2.05. The maximum Gasteiger partial charge on any atom is 0.0991 e. The molecule has 1 unspecified atom stereocenters. The molecule has 1 aliphatic rings. The summed E-state index contributed by atoms with van der Waals surface area (Å²) in [5, 5.41) is 10.2. The lowest BCUT2D eigenvalue weighted by molar-refractivity contribution is 0.582. The highest BCUT2D eigenvalue weighted by Gasteiger charge is 2.20. The molecule has 1 aromatic carbocycles. The van der Waals surface area contributed by atoms with Crippen LogP contribution in [0.25, 0.3) is 10.9 Å². The van der Waals surface area contributed by atoms with Crippen LogP contribution in [0.2, 0.25) is 0 Å². The molecule has 16 heavy (non-hydrogen) atoms. The summed E-state index contributed by atoms with van der Waals surface area (Å²) in [6.45, 7) is 2.28. The molecule has 2 aromatic rings. The monoisotopic (exact) mass is 210 g/mol. The zero-order valence-corrected chi connectivity index (χ0v) is 9.38. The van der Waals surface area contributed by atoms with Crippen molar-refractivity contribution in [3.8, 4) is 6.07 Å². The maximum absolute atomic E-state index is 8.93. The fraction of sp³-hybridized carbons (Fsp3) is 0.357. The first-order valence-electron chi connectivity index (χ1n) is 5.84. The Morgan fingerprint density at radius 3 is 3.12 bits per heavy atom. The van der Waals surface area contributed by atoms with Gasteiger partial charge in [0.15, 0.2) is 0 Å². The Morgan fingerprint density at radius 2 is 2.31 bits per heavy atom. The van der Waals surface area contributed by atoms with Crippen LogP contribution >= 0.6 is 0 Å². The Kier molecular flexibility index (Phi) is 2.00. The maximum atomic E-state index is 8.93. The molecule has 1 aliphatic carbocycles. The molecule has 0 saturated carbocycles. The predicted molar refractivity (Wildman–Crippen MR) is 64.4 cm³/mol. The van der Waals surface area contributed by atoms with E-state index >= 15 is 0 Å². The molecule has 80 valence electrons. The van der Waals surface area contributed by atoms with E-state index in [1.807, 2.05) is 18.2 Å². The molecular formula is C14H14N2. The van der Waals surface area contributed by atoms with Crippen molar-refractivity contribution < 1.29 is 0 Å². The average molecular weight is 210 g/mol. The van der Waals surface area contributed by atoms with Crippen molar-refractivity contribution in [2.75, 3.05) is 0 Å². The van der Waals surface area contributed by atoms with E-state index in [0.717, 1.165) is 12.0 Å². The molecule has 0 bridgehead atoms. The largest absolute Gasteiger partial charge is 0.358 e. The Morgan fingerprint density at radius 1 is 1.44 bits per heavy atom. The Labute approximate surface area is 94.9 Å². The predicted octanol–water partition coefficient (Wildman–Crippen LogP) is 3.48. The number of H-pyrrole nitrogens is 1. The summed E-state index contributed by atoms with van der Waals surface area (Å²) < 4.78 is 0. The molecular weight excluding hydrogens is 196 g/mol. The summed E-state index contributed by atoms with van der Waals surface area (Å²) in [6.07, 6.45) is 3.68. The summed E-state index contributed by atoms with van der Waals surface area (Å²) in [4.78, 5) is 3.51. The van der Waals surface area contributed by atoms with Crippen LogP contribution in [0.4, 0.5) is 0 Å². The van der Waals surface area contributed by atoms with E-state index in [2.05, 4.69) is 18.0 Å². The van der Waals surface area contributed by atoms with Crippen LogP contribution in [0.3, 0.4) is 0 Å². The van der Waals surface area contributed by atoms with Gasteiger partial charge in [-0.25, -0.2) is 0 Å². The molecule has 1 atom stereocenters. The third-order valence-electron chi connectivity index (χ3n) is 3.62. The van der Waals surface area contributed by atoms with Gasteiger partial charge in [-0.1, -0.05) is 6.92 Å². The van der Waals surface area contributed by atoms with Gasteiger partial charge in [-0.15, -0.1) is 0 Å². The van der Waals surface area contributed by atoms with Crippen LogP contribution in [0.1, 0.15) is 42.5 Å². The average Bonchev–Trinajstić information content (AvgIpc) is 2.68. The number of hydrogen-bond acceptors (Lipinski definition) is 1. The van der Waals surface area contributed by atoms with Crippen molar-refractivity contribution in [3.63, 3.8) is 0 Å². The number of nitriles is 1. The van der Waals surface area contributed by atoms with Gasteiger partial charge in [-0.2, -0.15) is 5.26 Å². The van der Waals surface area contributed by atoms with Gasteiger partial charge in [0, 0.05) is 16.6 Å². The molecule has 0 spiro atoms. The van der Waals surface area contributed by atoms with Crippen molar-refractivity contribution >= 4 is 10.9 Å². The van der Waals surface area contributed by atoms with E-state index < -0.39 is 0 Å². The van der Waals surface area contributed by atoms with E-state index in [4.69, 9.17) is 5.26 Å². The second-order valence-corrected chi connectivity index (χ2v) is 4.68. The van der Waals surface area contributed by atoms with Crippen LogP contribution in [-0.4, -0.2) is 4.98 Å². The normalized spacial score (nSPS) is 19.4. The quantitative estimate of drug-likeness (QED) is 0.710. The van der Waals surface area contributed by atoms with E-state index in [1.165, 1.54) is 35.0 Å². The molecule has 0 aliphatic heterocycles. The lowest BCUT2D eigenvalue weighted by atomic mass is 9.88. The first-order chi connectivity index (χ1) is 7.79. The zero-order valence-electron chi connectivity index (χ0n) is 9.38. The molecule has 0 saturated heterocycles. The van der Waals surface area contributed by atoms with Crippen molar-refractivity contribution in [2.24, 2.45) is 0 Å². The zero-order chi connectivity index (χ0) is 11.1. The highest BCUT2D eigenvalue weighted by molar-refractivity contribution is 5.86. The number of hydrogen-bond donors (Lipinski definition) is 1. The van der Waals surface area contributed by atoms with Gasteiger partial charge in [0.25, 0.3) is 0 Å². The topological polar surface area (TPSA) is 39.6 Å². The minimum absolute atomic E-state index is 0.627. The van der Waals surface area contributed by atoms with E-state index in [9.17, 15) is 0 Å². The van der Waals surface area contributed by atoms with E-state index in [1.54, 1.807) is 0 Å². The lowest BCUT2D eigenvalue weighted by Gasteiger charge is -2.18. The minimum Gasteiger partial charge on any atom is -0.358 e. The smallest absolute Gasteiger partial charge is 0.0991 e. The number of benzene rings is 1. The SMILES string of the molecule is CC1CCCc2c1[nH]c1ccc(C#N)cc21. The summed E-state index contributed by atoms with van der Waals surface area (Å²) >= 11 is 0. The number of fused-ring (bicyclic) bond motifs is 3. The van der Waals surface area contributed by atoms with Gasteiger partial charge in [0.05, 0.1) is 11.6 Å². The first-order valence-corrected chi connectivity index (χ1v) is 5.84. The first kappa shape index (κ1) is 9.47. The molecule has 1 N–H and O–H groups in total. The summed E-state index contributed by atoms with van der Waals surface area (Å²) in [5.41, 5.74) is 4.76. The van der Waals surface area contributed by atoms with E-state index in [-0.39, 0.29) is 0 Å². The second kappa shape index (κ2) is 3.38. The van der Waals surface area contributed by atoms with Crippen LogP contribution in [0.5, 0.6) is 0 Å². The molecule has 2 heteroatoms. The summed E-state index contributed by atoms with van der Waals surface area (Å²) in [5.74, 6) is 0.627. The van der Waals surface area contributed by atoms with Crippen molar-refractivity contribution in [1.82, 2.24) is 4.98 Å². The highest BCUT2D eigenvalue weighted by atomic mass is 14.7. The van der Waals surface area contributed by atoms with Crippen molar-refractivity contribution in [1.29, 1.82) is 5.26 Å². The van der Waals surface area contributed by atoms with Crippen molar-refractivity contribution in [3.05, 3.63) is 35.0 Å². The van der Waals surface area contributed by atoms with Crippen LogP contribution in [0, 0.1) is 11.3 Å². The number of aromatic nitrogens is 1. The molecule has 0 radical (unpaired) electrons. The van der Waals surface area contributed by atoms with Gasteiger partial charge in [-0.05, 0) is 48.9 Å². The van der Waals surface area contributed by atoms with Crippen LogP contribution in [0.15, 0.2) is 18.2 Å². The summed E-state index contributed by atoms with van der Waals surface area (Å²) in [6, 6.07) is 8.14. The Bertz CT molecular complexity index is 587. The second-order valence-electron chi connectivity index (χ2n) is 4.68. The van der Waals surface area contributed by atoms with Gasteiger partial charge < -0.3 is 4.98 Å². The summed E-state index contributed by atoms with van der Waals surface area (Å²) in [7, 11) is 0. The van der Waals surface area contributed by atoms with Crippen LogP contribution in [-0.2, 0) is 6.42 Å². The molecule has 0 amide bonds. The fourth-order valence-corrected chi connectivity index (χ4v) is 2.76. The molecule has 2 nitrogen and oxygen atoms in total. The van der Waals surface area contributed by atoms with Gasteiger partial charge in [-0.3, -0.25) is 0 Å². The standard InChI is InChI=1S/C14H14N2/c1-9-3-2-4-11-12-7-10(8-15)5-6-13(12)16-14(9)11/h5-7,9,16H,2-4H2,1H3.